The predicted octanol–water partition coefficient (Wildman–Crippen LogP) is 3.60. The van der Waals surface area contributed by atoms with Gasteiger partial charge >= 0.3 is 12.3 Å². The fraction of sp³-hybridized carbons (Fsp3) is 0.150. The van der Waals surface area contributed by atoms with E-state index >= 15 is 0 Å². The molecule has 8 nitrogen and oxygen atoms in total. The van der Waals surface area contributed by atoms with Crippen LogP contribution in [0.5, 0.6) is 5.75 Å². The number of rotatable bonds is 6. The fourth-order valence-electron chi connectivity index (χ4n) is 2.88. The molecule has 3 aromatic rings. The van der Waals surface area contributed by atoms with E-state index < -0.39 is 45.6 Å². The Kier molecular flexibility index (Phi) is 6.52. The van der Waals surface area contributed by atoms with Gasteiger partial charge in [-0.05, 0) is 36.4 Å². The Morgan fingerprint density at radius 3 is 2.36 bits per heavy atom. The molecule has 0 unspecified atom stereocenters. The summed E-state index contributed by atoms with van der Waals surface area (Å²) in [5.41, 5.74) is -1.67. The Morgan fingerprint density at radius 2 is 1.82 bits per heavy atom. The number of benzene rings is 2. The first kappa shape index (κ1) is 24.3. The van der Waals surface area contributed by atoms with Crippen LogP contribution in [0.15, 0.2) is 63.8 Å². The molecule has 0 radical (unpaired) electrons. The molecule has 0 aliphatic rings. The maximum atomic E-state index is 13.0. The van der Waals surface area contributed by atoms with Gasteiger partial charge in [-0.1, -0.05) is 24.2 Å². The highest BCUT2D eigenvalue weighted by molar-refractivity contribution is 7.91. The monoisotopic (exact) mass is 502 g/mol. The molecule has 0 amide bonds. The van der Waals surface area contributed by atoms with E-state index in [9.17, 15) is 31.2 Å². The number of nitrogens with zero attached hydrogens (tertiary/aromatic N) is 2. The second-order valence-electron chi connectivity index (χ2n) is 6.65. The van der Waals surface area contributed by atoms with Crippen LogP contribution in [-0.4, -0.2) is 43.4 Å². The van der Waals surface area contributed by atoms with Crippen molar-refractivity contribution in [3.05, 3.63) is 70.0 Å². The third-order valence-electron chi connectivity index (χ3n) is 4.14. The maximum Gasteiger partial charge on any atom is 0.573 e. The van der Waals surface area contributed by atoms with Crippen molar-refractivity contribution in [1.29, 1.82) is 0 Å². The van der Waals surface area contributed by atoms with Crippen molar-refractivity contribution >= 4 is 38.3 Å². The van der Waals surface area contributed by atoms with Crippen LogP contribution in [0.2, 0.25) is 0 Å². The minimum atomic E-state index is -4.91. The topological polar surface area (TPSA) is 105 Å². The maximum absolute atomic E-state index is 13.0. The summed E-state index contributed by atoms with van der Waals surface area (Å²) in [4.78, 5) is 25.1. The van der Waals surface area contributed by atoms with Crippen LogP contribution in [-0.2, 0) is 14.6 Å². The minimum Gasteiger partial charge on any atom is -0.455 e. The lowest BCUT2D eigenvalue weighted by atomic mass is 10.2. The normalized spacial score (nSPS) is 11.9. The summed E-state index contributed by atoms with van der Waals surface area (Å²) >= 11 is 5.57. The van der Waals surface area contributed by atoms with Gasteiger partial charge in [0, 0.05) is 11.3 Å². The van der Waals surface area contributed by atoms with Crippen molar-refractivity contribution in [2.75, 3.05) is 12.9 Å². The van der Waals surface area contributed by atoms with Crippen LogP contribution in [0.1, 0.15) is 10.5 Å². The predicted molar refractivity (Wildman–Crippen MR) is 112 cm³/mol. The molecule has 1 aromatic heterocycles. The van der Waals surface area contributed by atoms with E-state index in [1.165, 1.54) is 30.3 Å². The number of ether oxygens (including phenoxy) is 2. The van der Waals surface area contributed by atoms with E-state index in [1.54, 1.807) is 0 Å². The largest absolute Gasteiger partial charge is 0.573 e. The number of carbonyl (C=O) groups excluding carboxylic acids is 1. The summed E-state index contributed by atoms with van der Waals surface area (Å²) < 4.78 is 71.6. The number of esters is 1. The Labute approximate surface area is 189 Å². The Hall–Kier alpha value is -3.38. The highest BCUT2D eigenvalue weighted by atomic mass is 35.5. The summed E-state index contributed by atoms with van der Waals surface area (Å²) in [6.45, 7) is 2.92. The third-order valence-corrected chi connectivity index (χ3v) is 5.39. The van der Waals surface area contributed by atoms with E-state index in [4.69, 9.17) is 16.3 Å². The molecule has 33 heavy (non-hydrogen) atoms. The summed E-state index contributed by atoms with van der Waals surface area (Å²) in [6, 6.07) is 8.25. The van der Waals surface area contributed by atoms with Crippen LogP contribution in [0, 0.1) is 0 Å². The zero-order chi connectivity index (χ0) is 24.6. The van der Waals surface area contributed by atoms with Crippen molar-refractivity contribution < 1.29 is 35.9 Å². The van der Waals surface area contributed by atoms with E-state index in [2.05, 4.69) is 16.4 Å². The fourth-order valence-corrected chi connectivity index (χ4v) is 3.83. The van der Waals surface area contributed by atoms with E-state index in [0.717, 1.165) is 23.1 Å². The van der Waals surface area contributed by atoms with Crippen molar-refractivity contribution in [3.63, 3.8) is 0 Å². The molecule has 0 N–H and O–H groups in total. The average molecular weight is 503 g/mol. The van der Waals surface area contributed by atoms with Crippen molar-refractivity contribution in [3.8, 4) is 11.4 Å². The SMILES string of the molecule is C=C(Cl)COC(=O)c1nn(-c2ccc(OC(F)(F)F)cc2)c2cccc(S(C)(=O)=O)c2c1=O. The first-order valence-corrected chi connectivity index (χ1v) is 11.2. The smallest absolute Gasteiger partial charge is 0.455 e. The van der Waals surface area contributed by atoms with Crippen molar-refractivity contribution in [2.24, 2.45) is 0 Å². The van der Waals surface area contributed by atoms with Crippen LogP contribution in [0.4, 0.5) is 13.2 Å². The van der Waals surface area contributed by atoms with E-state index in [-0.39, 0.29) is 26.5 Å². The molecule has 2 aromatic carbocycles. The number of aromatic nitrogens is 2. The van der Waals surface area contributed by atoms with Gasteiger partial charge in [0.25, 0.3) is 0 Å². The van der Waals surface area contributed by atoms with Gasteiger partial charge < -0.3 is 9.47 Å². The number of fused-ring (bicyclic) bond motifs is 1. The molecule has 0 saturated heterocycles. The summed E-state index contributed by atoms with van der Waals surface area (Å²) in [7, 11) is -3.92. The molecule has 174 valence electrons. The lowest BCUT2D eigenvalue weighted by Crippen LogP contribution is -2.25. The molecule has 3 rings (SSSR count). The molecule has 0 spiro atoms. The first-order valence-electron chi connectivity index (χ1n) is 8.90. The van der Waals surface area contributed by atoms with Crippen LogP contribution in [0.25, 0.3) is 16.6 Å². The quantitative estimate of drug-likeness (QED) is 0.474. The van der Waals surface area contributed by atoms with Gasteiger partial charge in [0.1, 0.15) is 12.4 Å². The molecule has 0 aliphatic carbocycles. The lowest BCUT2D eigenvalue weighted by Gasteiger charge is -2.14. The van der Waals surface area contributed by atoms with Gasteiger partial charge in [-0.3, -0.25) is 4.79 Å². The molecular weight excluding hydrogens is 489 g/mol. The Morgan fingerprint density at radius 1 is 1.18 bits per heavy atom. The summed E-state index contributed by atoms with van der Waals surface area (Å²) in [5, 5.41) is 3.59. The van der Waals surface area contributed by atoms with Crippen LogP contribution in [0.3, 0.4) is 0 Å². The first-order chi connectivity index (χ1) is 15.3. The number of halogens is 4. The highest BCUT2D eigenvalue weighted by Crippen LogP contribution is 2.26. The molecule has 0 bridgehead atoms. The van der Waals surface area contributed by atoms with Gasteiger partial charge in [-0.15, -0.1) is 13.2 Å². The van der Waals surface area contributed by atoms with Gasteiger partial charge in [-0.25, -0.2) is 17.9 Å². The number of hydrogen-bond donors (Lipinski definition) is 0. The zero-order valence-electron chi connectivity index (χ0n) is 16.7. The average Bonchev–Trinajstić information content (AvgIpc) is 2.71. The Bertz CT molecular complexity index is 1420. The van der Waals surface area contributed by atoms with Crippen molar-refractivity contribution in [1.82, 2.24) is 9.78 Å². The molecule has 0 saturated carbocycles. The summed E-state index contributed by atoms with van der Waals surface area (Å²) in [5.74, 6) is -1.72. The molecule has 13 heteroatoms. The highest BCUT2D eigenvalue weighted by Gasteiger charge is 2.31. The van der Waals surface area contributed by atoms with Gasteiger partial charge in [0.15, 0.2) is 9.84 Å². The molecule has 1 heterocycles. The third kappa shape index (κ3) is 5.52. The molecular formula is C20H14ClF3N2O6S. The molecule has 0 atom stereocenters. The molecule has 0 aliphatic heterocycles. The van der Waals surface area contributed by atoms with E-state index in [0.29, 0.717) is 0 Å². The lowest BCUT2D eigenvalue weighted by molar-refractivity contribution is -0.274. The Balaban J connectivity index is 2.28. The van der Waals surface area contributed by atoms with Crippen molar-refractivity contribution in [2.45, 2.75) is 11.3 Å². The van der Waals surface area contributed by atoms with Gasteiger partial charge in [-0.2, -0.15) is 5.10 Å². The summed E-state index contributed by atoms with van der Waals surface area (Å²) in [6.07, 6.45) is -4.03. The second-order valence-corrected chi connectivity index (χ2v) is 9.17. The minimum absolute atomic E-state index is 0.00859. The zero-order valence-corrected chi connectivity index (χ0v) is 18.3. The number of hydrogen-bond acceptors (Lipinski definition) is 7. The van der Waals surface area contributed by atoms with Crippen LogP contribution < -0.4 is 10.2 Å². The number of sulfone groups is 1. The van der Waals surface area contributed by atoms with Gasteiger partial charge in [0.05, 0.1) is 21.5 Å². The van der Waals surface area contributed by atoms with Gasteiger partial charge in [0.2, 0.25) is 11.1 Å². The second kappa shape index (κ2) is 8.87. The molecule has 0 fully saturated rings. The number of alkyl halides is 3. The number of carbonyl (C=O) groups is 1. The van der Waals surface area contributed by atoms with Crippen LogP contribution >= 0.6 is 11.6 Å². The van der Waals surface area contributed by atoms with E-state index in [1.807, 2.05) is 0 Å². The standard InChI is InChI=1S/C20H14ClF3N2O6S/c1-11(21)10-31-19(28)17-18(27)16-14(4-3-5-15(16)33(2,29)30)26(25-17)12-6-8-13(9-7-12)32-20(22,23)24/h3-9H,1,10H2,2H3.